The van der Waals surface area contributed by atoms with E-state index in [4.69, 9.17) is 11.6 Å². The van der Waals surface area contributed by atoms with Gasteiger partial charge in [0.1, 0.15) is 0 Å². The Kier molecular flexibility index (Phi) is 3.86. The molecule has 0 saturated heterocycles. The molecule has 0 spiro atoms. The second-order valence-corrected chi connectivity index (χ2v) is 6.35. The molecule has 4 rings (SSSR count). The molecule has 6 heteroatoms. The maximum atomic E-state index is 12.9. The van der Waals surface area contributed by atoms with Gasteiger partial charge in [-0.3, -0.25) is 14.6 Å². The minimum absolute atomic E-state index is 0.106. The van der Waals surface area contributed by atoms with Crippen molar-refractivity contribution >= 4 is 45.7 Å². The Bertz CT molecular complexity index is 1000. The molecule has 2 N–H and O–H groups in total. The molecule has 1 aliphatic heterocycles. The van der Waals surface area contributed by atoms with Crippen molar-refractivity contribution in [1.82, 2.24) is 4.98 Å². The third kappa shape index (κ3) is 2.94. The van der Waals surface area contributed by atoms with Crippen LogP contribution in [0.3, 0.4) is 0 Å². The molecule has 25 heavy (non-hydrogen) atoms. The largest absolute Gasteiger partial charge is 0.326 e. The van der Waals surface area contributed by atoms with Crippen molar-refractivity contribution < 1.29 is 9.59 Å². The molecule has 124 valence electrons. The van der Waals surface area contributed by atoms with Gasteiger partial charge in [-0.05, 0) is 29.8 Å². The summed E-state index contributed by atoms with van der Waals surface area (Å²) in [5, 5.41) is 7.04. The number of halogens is 1. The Labute approximate surface area is 149 Å². The SMILES string of the molecule is O=C1CC(C(=O)Nc2cc(Cl)cc3cccnc23)c2ccccc2N1. The zero-order chi connectivity index (χ0) is 17.4. The van der Waals surface area contributed by atoms with Gasteiger partial charge in [0, 0.05) is 28.7 Å². The van der Waals surface area contributed by atoms with Crippen LogP contribution in [0.25, 0.3) is 10.9 Å². The second-order valence-electron chi connectivity index (χ2n) is 5.91. The standard InChI is InChI=1S/C19H14ClN3O2/c20-12-8-11-4-3-7-21-18(11)16(9-12)23-19(25)14-10-17(24)22-15-6-2-1-5-13(14)15/h1-9,14H,10H2,(H,22,24)(H,23,25). The van der Waals surface area contributed by atoms with Crippen molar-refractivity contribution in [3.63, 3.8) is 0 Å². The Balaban J connectivity index is 1.71. The first kappa shape index (κ1) is 15.6. The van der Waals surface area contributed by atoms with Gasteiger partial charge < -0.3 is 10.6 Å². The predicted octanol–water partition coefficient (Wildman–Crippen LogP) is 3.95. The maximum Gasteiger partial charge on any atom is 0.232 e. The van der Waals surface area contributed by atoms with Crippen LogP contribution in [0.4, 0.5) is 11.4 Å². The molecular formula is C19H14ClN3O2. The molecule has 0 radical (unpaired) electrons. The molecule has 1 aromatic heterocycles. The summed E-state index contributed by atoms with van der Waals surface area (Å²) in [5.74, 6) is -0.979. The number of nitrogens with zero attached hydrogens (tertiary/aromatic N) is 1. The fourth-order valence-electron chi connectivity index (χ4n) is 3.12. The van der Waals surface area contributed by atoms with Gasteiger partial charge in [0.05, 0.1) is 17.1 Å². The van der Waals surface area contributed by atoms with Crippen LogP contribution < -0.4 is 10.6 Å². The molecule has 2 amide bonds. The molecule has 2 heterocycles. The van der Waals surface area contributed by atoms with Crippen LogP contribution in [0.5, 0.6) is 0 Å². The molecule has 0 fully saturated rings. The van der Waals surface area contributed by atoms with Crippen LogP contribution >= 0.6 is 11.6 Å². The number of hydrogen-bond acceptors (Lipinski definition) is 3. The Morgan fingerprint density at radius 1 is 1.20 bits per heavy atom. The van der Waals surface area contributed by atoms with Gasteiger partial charge in [-0.2, -0.15) is 0 Å². The van der Waals surface area contributed by atoms with Crippen LogP contribution in [0.1, 0.15) is 17.9 Å². The minimum atomic E-state index is -0.553. The third-order valence-electron chi connectivity index (χ3n) is 4.24. The third-order valence-corrected chi connectivity index (χ3v) is 4.46. The van der Waals surface area contributed by atoms with Crippen molar-refractivity contribution in [1.29, 1.82) is 0 Å². The molecule has 0 aliphatic carbocycles. The second kappa shape index (κ2) is 6.18. The average Bonchev–Trinajstić information content (AvgIpc) is 2.60. The Morgan fingerprint density at radius 2 is 2.04 bits per heavy atom. The first-order chi connectivity index (χ1) is 12.1. The Morgan fingerprint density at radius 3 is 2.92 bits per heavy atom. The highest BCUT2D eigenvalue weighted by atomic mass is 35.5. The first-order valence-corrected chi connectivity index (χ1v) is 8.23. The van der Waals surface area contributed by atoms with E-state index in [1.807, 2.05) is 30.3 Å². The number of aromatic nitrogens is 1. The van der Waals surface area contributed by atoms with Crippen LogP contribution in [-0.2, 0) is 9.59 Å². The fourth-order valence-corrected chi connectivity index (χ4v) is 3.34. The summed E-state index contributed by atoms with van der Waals surface area (Å²) in [4.78, 5) is 29.1. The summed E-state index contributed by atoms with van der Waals surface area (Å²) in [6, 6.07) is 14.5. The van der Waals surface area contributed by atoms with Gasteiger partial charge in [0.15, 0.2) is 0 Å². The molecular weight excluding hydrogens is 338 g/mol. The van der Waals surface area contributed by atoms with E-state index in [-0.39, 0.29) is 18.2 Å². The van der Waals surface area contributed by atoms with Crippen molar-refractivity contribution in [3.8, 4) is 0 Å². The van der Waals surface area contributed by atoms with Crippen molar-refractivity contribution in [2.24, 2.45) is 0 Å². The number of fused-ring (bicyclic) bond motifs is 2. The van der Waals surface area contributed by atoms with E-state index >= 15 is 0 Å². The number of rotatable bonds is 2. The molecule has 1 aliphatic rings. The van der Waals surface area contributed by atoms with E-state index in [9.17, 15) is 9.59 Å². The minimum Gasteiger partial charge on any atom is -0.326 e. The number of hydrogen-bond donors (Lipinski definition) is 2. The summed E-state index contributed by atoms with van der Waals surface area (Å²) in [5.41, 5.74) is 2.68. The average molecular weight is 352 g/mol. The number of nitrogens with one attached hydrogen (secondary N) is 2. The molecule has 0 bridgehead atoms. The van der Waals surface area contributed by atoms with Crippen LogP contribution in [0.2, 0.25) is 5.02 Å². The van der Waals surface area contributed by atoms with Gasteiger partial charge in [-0.1, -0.05) is 35.9 Å². The number of para-hydroxylation sites is 1. The number of carbonyl (C=O) groups is 2. The van der Waals surface area contributed by atoms with Crippen molar-refractivity contribution in [3.05, 3.63) is 65.3 Å². The molecule has 3 aromatic rings. The summed E-state index contributed by atoms with van der Waals surface area (Å²) in [6.45, 7) is 0. The first-order valence-electron chi connectivity index (χ1n) is 7.86. The van der Waals surface area contributed by atoms with E-state index in [0.29, 0.717) is 21.9 Å². The molecule has 0 saturated carbocycles. The van der Waals surface area contributed by atoms with Crippen molar-refractivity contribution in [2.75, 3.05) is 10.6 Å². The smallest absolute Gasteiger partial charge is 0.232 e. The lowest BCUT2D eigenvalue weighted by atomic mass is 9.89. The van der Waals surface area contributed by atoms with E-state index in [1.165, 1.54) is 0 Å². The monoisotopic (exact) mass is 351 g/mol. The van der Waals surface area contributed by atoms with Gasteiger partial charge >= 0.3 is 0 Å². The summed E-state index contributed by atoms with van der Waals surface area (Å²) >= 11 is 6.15. The van der Waals surface area contributed by atoms with Gasteiger partial charge in [0.2, 0.25) is 11.8 Å². The fraction of sp³-hybridized carbons (Fsp3) is 0.105. The number of amides is 2. The van der Waals surface area contributed by atoms with Gasteiger partial charge in [-0.25, -0.2) is 0 Å². The van der Waals surface area contributed by atoms with E-state index in [1.54, 1.807) is 24.4 Å². The van der Waals surface area contributed by atoms with Gasteiger partial charge in [0.25, 0.3) is 0 Å². The number of anilines is 2. The van der Waals surface area contributed by atoms with Crippen LogP contribution in [-0.4, -0.2) is 16.8 Å². The number of pyridine rings is 1. The van der Waals surface area contributed by atoms with Crippen LogP contribution in [0, 0.1) is 0 Å². The molecule has 1 atom stereocenters. The summed E-state index contributed by atoms with van der Waals surface area (Å²) < 4.78 is 0. The molecule has 2 aromatic carbocycles. The number of carbonyl (C=O) groups excluding carboxylic acids is 2. The lowest BCUT2D eigenvalue weighted by molar-refractivity contribution is -0.123. The van der Waals surface area contributed by atoms with E-state index in [0.717, 1.165) is 10.9 Å². The number of benzene rings is 2. The van der Waals surface area contributed by atoms with Crippen molar-refractivity contribution in [2.45, 2.75) is 12.3 Å². The zero-order valence-corrected chi connectivity index (χ0v) is 13.9. The molecule has 5 nitrogen and oxygen atoms in total. The highest BCUT2D eigenvalue weighted by molar-refractivity contribution is 6.32. The highest BCUT2D eigenvalue weighted by Crippen LogP contribution is 2.34. The Hall–Kier alpha value is -2.92. The van der Waals surface area contributed by atoms with E-state index < -0.39 is 5.92 Å². The van der Waals surface area contributed by atoms with Crippen LogP contribution in [0.15, 0.2) is 54.7 Å². The summed E-state index contributed by atoms with van der Waals surface area (Å²) in [6.07, 6.45) is 1.77. The quantitative estimate of drug-likeness (QED) is 0.734. The van der Waals surface area contributed by atoms with Gasteiger partial charge in [-0.15, -0.1) is 0 Å². The maximum absolute atomic E-state index is 12.9. The predicted molar refractivity (Wildman–Crippen MR) is 97.8 cm³/mol. The van der Waals surface area contributed by atoms with E-state index in [2.05, 4.69) is 15.6 Å². The lowest BCUT2D eigenvalue weighted by Crippen LogP contribution is -2.30. The lowest BCUT2D eigenvalue weighted by Gasteiger charge is -2.25. The molecule has 1 unspecified atom stereocenters. The normalized spacial score (nSPS) is 16.2. The highest BCUT2D eigenvalue weighted by Gasteiger charge is 2.30. The summed E-state index contributed by atoms with van der Waals surface area (Å²) in [7, 11) is 0. The zero-order valence-electron chi connectivity index (χ0n) is 13.1. The topological polar surface area (TPSA) is 71.1 Å².